The minimum atomic E-state index is -0.420. The number of benzene rings is 6. The van der Waals surface area contributed by atoms with Crippen LogP contribution in [0.4, 0.5) is 11.4 Å². The largest absolute Gasteiger partial charge is 0.504 e. The topological polar surface area (TPSA) is 179 Å². The molecular weight excluding hydrogens is 985 g/mol. The van der Waals surface area contributed by atoms with Crippen LogP contribution in [-0.4, -0.2) is 86.2 Å². The molecule has 4 aliphatic rings. The number of anilines is 2. The number of phenolic OH excluding ortho intramolecular Hbond substituents is 2. The van der Waals surface area contributed by atoms with E-state index in [1.54, 1.807) is 48.8 Å². The summed E-state index contributed by atoms with van der Waals surface area (Å²) in [5.41, 5.74) is 9.07. The Morgan fingerprint density at radius 2 is 0.795 bits per heavy atom. The summed E-state index contributed by atoms with van der Waals surface area (Å²) in [6.07, 6.45) is 11.4. The molecule has 14 nitrogen and oxygen atoms in total. The molecule has 4 N–H and O–H groups in total. The zero-order chi connectivity index (χ0) is 54.4. The predicted octanol–water partition coefficient (Wildman–Crippen LogP) is 12.1. The summed E-state index contributed by atoms with van der Waals surface area (Å²) >= 11 is 0. The van der Waals surface area contributed by atoms with Gasteiger partial charge in [0.05, 0.1) is 38.5 Å². The molecule has 2 amide bonds. The smallest absolute Gasteiger partial charge is 0.262 e. The number of aliphatic imine (C=N–C) groups is 2. The molecule has 10 rings (SSSR count). The first-order chi connectivity index (χ1) is 38.1. The van der Waals surface area contributed by atoms with Crippen molar-refractivity contribution < 1.29 is 48.2 Å². The molecule has 408 valence electrons. The number of para-hydroxylation sites is 4. The van der Waals surface area contributed by atoms with Gasteiger partial charge in [-0.2, -0.15) is 0 Å². The fraction of sp³-hybridized carbons (Fsp3) is 0.375. The van der Waals surface area contributed by atoms with Crippen LogP contribution in [-0.2, 0) is 35.3 Å². The number of aromatic hydroxyl groups is 2. The van der Waals surface area contributed by atoms with Gasteiger partial charge in [-0.25, -0.2) is 0 Å². The van der Waals surface area contributed by atoms with Gasteiger partial charge in [0, 0.05) is 82.9 Å². The summed E-state index contributed by atoms with van der Waals surface area (Å²) in [6, 6.07) is 30.1. The van der Waals surface area contributed by atoms with Crippen molar-refractivity contribution in [3.05, 3.63) is 153 Å². The van der Waals surface area contributed by atoms with Gasteiger partial charge < -0.3 is 49.3 Å². The molecule has 6 aromatic rings. The van der Waals surface area contributed by atoms with E-state index >= 15 is 0 Å². The summed E-state index contributed by atoms with van der Waals surface area (Å²) < 4.78 is 39.1. The fourth-order valence-electron chi connectivity index (χ4n) is 10.4. The normalized spacial score (nSPS) is 16.6. The second-order valence-electron chi connectivity index (χ2n) is 20.2. The molecule has 2 aliphatic carbocycles. The second kappa shape index (κ2) is 26.4. The van der Waals surface area contributed by atoms with Crippen LogP contribution >= 0.6 is 0 Å². The van der Waals surface area contributed by atoms with Crippen molar-refractivity contribution in [1.29, 1.82) is 0 Å². The summed E-state index contributed by atoms with van der Waals surface area (Å²) in [7, 11) is 0. The maximum Gasteiger partial charge on any atom is 0.262 e. The Hall–Kier alpha value is -8.00. The third-order valence-corrected chi connectivity index (χ3v) is 14.0. The van der Waals surface area contributed by atoms with Crippen LogP contribution in [0.1, 0.15) is 135 Å². The number of nitrogens with one attached hydrogen (secondary N) is 2. The van der Waals surface area contributed by atoms with Crippen LogP contribution in [0.25, 0.3) is 0 Å². The number of carbonyl (C=O) groups is 2. The minimum absolute atomic E-state index is 0.138. The Morgan fingerprint density at radius 1 is 0.474 bits per heavy atom. The number of amides is 2. The van der Waals surface area contributed by atoms with E-state index < -0.39 is 11.8 Å². The van der Waals surface area contributed by atoms with Gasteiger partial charge in [0.25, 0.3) is 11.8 Å². The fourth-order valence-corrected chi connectivity index (χ4v) is 10.4. The van der Waals surface area contributed by atoms with Crippen molar-refractivity contribution in [3.8, 4) is 46.0 Å². The van der Waals surface area contributed by atoms with Gasteiger partial charge in [-0.1, -0.05) is 89.1 Å². The average Bonchev–Trinajstić information content (AvgIpc) is 3.43. The zero-order valence-electron chi connectivity index (χ0n) is 45.3. The number of rotatable bonds is 12. The van der Waals surface area contributed by atoms with Gasteiger partial charge in [-0.15, -0.1) is 0 Å². The maximum absolute atomic E-state index is 14.1. The molecule has 0 spiro atoms. The van der Waals surface area contributed by atoms with Gasteiger partial charge >= 0.3 is 0 Å². The van der Waals surface area contributed by atoms with Crippen LogP contribution in [0, 0.1) is 0 Å². The summed E-state index contributed by atoms with van der Waals surface area (Å²) in [5.74, 6) is 2.08. The van der Waals surface area contributed by atoms with E-state index in [-0.39, 0.29) is 48.3 Å². The SMILES string of the molecule is CCCOc1c2cccc1Cc1cc3cc(c1OCCC)Cc1cccc(c1OCCC)Cc1cc(cc(c1OCCC)C2)NC(=O)COc1cccc(c1O)C=N[C@H]1CCCC[C@H]1N=Cc1cccc(c1O)OCC(=O)N3. The molecular formula is C64H72N4O10. The lowest BCUT2D eigenvalue weighted by atomic mass is 9.90. The lowest BCUT2D eigenvalue weighted by molar-refractivity contribution is -0.118. The van der Waals surface area contributed by atoms with Crippen molar-refractivity contribution >= 4 is 35.6 Å². The number of fused-ring (bicyclic) bond motifs is 6. The Bertz CT molecular complexity index is 2850. The van der Waals surface area contributed by atoms with Crippen LogP contribution in [0.15, 0.2) is 107 Å². The van der Waals surface area contributed by atoms with Crippen molar-refractivity contribution in [2.75, 3.05) is 50.3 Å². The van der Waals surface area contributed by atoms with Crippen molar-refractivity contribution in [2.45, 2.75) is 117 Å². The third kappa shape index (κ3) is 13.4. The van der Waals surface area contributed by atoms with Gasteiger partial charge in [0.15, 0.2) is 36.2 Å². The molecule has 0 unspecified atom stereocenters. The molecule has 78 heavy (non-hydrogen) atoms. The second-order valence-corrected chi connectivity index (χ2v) is 20.2. The number of phenols is 2. The summed E-state index contributed by atoms with van der Waals surface area (Å²) in [5, 5.41) is 29.2. The van der Waals surface area contributed by atoms with Crippen LogP contribution in [0.3, 0.4) is 0 Å². The summed E-state index contributed by atoms with van der Waals surface area (Å²) in [6.45, 7) is 9.43. The number of hydrogen-bond acceptors (Lipinski definition) is 12. The molecule has 2 atom stereocenters. The number of hydrogen-bond donors (Lipinski definition) is 4. The Balaban J connectivity index is 1.22. The average molecular weight is 1060 g/mol. The summed E-state index contributed by atoms with van der Waals surface area (Å²) in [4.78, 5) is 38.0. The monoisotopic (exact) mass is 1060 g/mol. The highest BCUT2D eigenvalue weighted by atomic mass is 16.5. The number of ether oxygens (including phenoxy) is 6. The molecule has 14 bridgehead atoms. The van der Waals surface area contributed by atoms with E-state index in [0.29, 0.717) is 74.6 Å². The van der Waals surface area contributed by atoms with Crippen molar-refractivity contribution in [2.24, 2.45) is 9.98 Å². The van der Waals surface area contributed by atoms with Gasteiger partial charge in [-0.05, 0) is 109 Å². The minimum Gasteiger partial charge on any atom is -0.504 e. The van der Waals surface area contributed by atoms with E-state index in [9.17, 15) is 19.8 Å². The van der Waals surface area contributed by atoms with Crippen LogP contribution in [0.5, 0.6) is 46.0 Å². The van der Waals surface area contributed by atoms with E-state index in [4.69, 9.17) is 38.4 Å². The highest BCUT2D eigenvalue weighted by Crippen LogP contribution is 2.42. The number of nitrogens with zero attached hydrogens (tertiary/aromatic N) is 2. The van der Waals surface area contributed by atoms with E-state index in [0.717, 1.165) is 119 Å². The third-order valence-electron chi connectivity index (χ3n) is 14.0. The number of carbonyl (C=O) groups excluding carboxylic acids is 2. The Labute approximate surface area is 457 Å². The molecule has 2 heterocycles. The first kappa shape index (κ1) is 54.8. The lowest BCUT2D eigenvalue weighted by Gasteiger charge is -2.25. The molecule has 0 aromatic heterocycles. The Morgan fingerprint density at radius 3 is 1.13 bits per heavy atom. The first-order valence-corrected chi connectivity index (χ1v) is 27.7. The first-order valence-electron chi connectivity index (χ1n) is 27.7. The quantitative estimate of drug-likeness (QED) is 0.0920. The lowest BCUT2D eigenvalue weighted by Crippen LogP contribution is -2.27. The Kier molecular flexibility index (Phi) is 18.5. The van der Waals surface area contributed by atoms with Crippen molar-refractivity contribution in [3.63, 3.8) is 0 Å². The molecule has 0 saturated heterocycles. The van der Waals surface area contributed by atoms with Crippen LogP contribution < -0.4 is 39.1 Å². The van der Waals surface area contributed by atoms with E-state index in [2.05, 4.69) is 62.6 Å². The molecule has 14 heteroatoms. The molecule has 6 aromatic carbocycles. The molecule has 1 fully saturated rings. The highest BCUT2D eigenvalue weighted by molar-refractivity contribution is 5.93. The maximum atomic E-state index is 14.1. The van der Waals surface area contributed by atoms with Gasteiger partial charge in [-0.3, -0.25) is 19.6 Å². The van der Waals surface area contributed by atoms with Gasteiger partial charge in [0.2, 0.25) is 0 Å². The van der Waals surface area contributed by atoms with E-state index in [1.165, 1.54) is 0 Å². The predicted molar refractivity (Wildman–Crippen MR) is 306 cm³/mol. The molecule has 2 aliphatic heterocycles. The van der Waals surface area contributed by atoms with Crippen molar-refractivity contribution in [1.82, 2.24) is 0 Å². The molecule has 1 saturated carbocycles. The van der Waals surface area contributed by atoms with Gasteiger partial charge in [0.1, 0.15) is 23.0 Å². The zero-order valence-corrected chi connectivity index (χ0v) is 45.3. The molecule has 0 radical (unpaired) electrons. The highest BCUT2D eigenvalue weighted by Gasteiger charge is 2.26. The van der Waals surface area contributed by atoms with E-state index in [1.807, 2.05) is 36.4 Å². The standard InChI is InChI=1S/C64H72N4O10/c1-5-25-73-61-41-15-11-16-42(61)30-48-34-52-36-50(64(48)76-28-8-4)32-44-18-12-17-43(62(44)74-26-6-2)31-49-35-51(33-47(29-41)63(49)75-27-7-3)67-57(69)39-77-55-23-13-19-45(59(55)71)37-65-53-21-9-10-22-54(53)66-38-46-20-14-24-56(60(46)72)78-40-58(70)68-52/h11-20,23-24,33-38,53-54,71-72H,5-10,21-22,25-32,39-40H2,1-4H3,(H,67,69)(H,68,70)/t53-,54+. The van der Waals surface area contributed by atoms with Crippen LogP contribution in [0.2, 0.25) is 0 Å².